The highest BCUT2D eigenvalue weighted by Crippen LogP contribution is 2.36. The van der Waals surface area contributed by atoms with Crippen molar-refractivity contribution in [2.75, 3.05) is 10.2 Å². The molecule has 0 bridgehead atoms. The molecule has 0 spiro atoms. The van der Waals surface area contributed by atoms with Gasteiger partial charge in [0.15, 0.2) is 0 Å². The van der Waals surface area contributed by atoms with Crippen molar-refractivity contribution >= 4 is 56.8 Å². The zero-order valence-electron chi connectivity index (χ0n) is 20.6. The minimum Gasteiger partial charge on any atom is -0.316 e. The predicted octanol–water partition coefficient (Wildman–Crippen LogP) is 4.92. The zero-order valence-corrected chi connectivity index (χ0v) is 23.0. The second-order valence-electron chi connectivity index (χ2n) is 8.74. The molecule has 8 nitrogen and oxygen atoms in total. The number of benzene rings is 3. The second-order valence-corrected chi connectivity index (χ2v) is 10.9. The molecule has 1 fully saturated rings. The lowest BCUT2D eigenvalue weighted by atomic mass is 10.2. The normalized spacial score (nSPS) is 15.2. The molecule has 0 aliphatic carbocycles. The maximum absolute atomic E-state index is 13.4. The van der Waals surface area contributed by atoms with Crippen molar-refractivity contribution in [1.82, 2.24) is 9.36 Å². The molecule has 4 aromatic rings. The summed E-state index contributed by atoms with van der Waals surface area (Å²) >= 11 is 4.53. The van der Waals surface area contributed by atoms with E-state index in [9.17, 15) is 19.2 Å². The van der Waals surface area contributed by atoms with Crippen molar-refractivity contribution in [1.29, 1.82) is 0 Å². The average Bonchev–Trinajstić information content (AvgIpc) is 3.31. The average molecular weight is 591 g/mol. The third-order valence-electron chi connectivity index (χ3n) is 6.38. The third kappa shape index (κ3) is 4.72. The van der Waals surface area contributed by atoms with Crippen molar-refractivity contribution in [3.63, 3.8) is 0 Å². The van der Waals surface area contributed by atoms with Gasteiger partial charge in [0.1, 0.15) is 5.69 Å². The van der Waals surface area contributed by atoms with Gasteiger partial charge in [0.2, 0.25) is 11.8 Å². The molecular formula is C28H23BrN4O4S. The summed E-state index contributed by atoms with van der Waals surface area (Å²) in [7, 11) is 1.75. The lowest BCUT2D eigenvalue weighted by Gasteiger charge is -2.15. The molecule has 1 unspecified atom stereocenters. The quantitative estimate of drug-likeness (QED) is 0.322. The fraction of sp³-hybridized carbons (Fsp3) is 0.143. The summed E-state index contributed by atoms with van der Waals surface area (Å²) in [5.74, 6) is -1.10. The number of hydrogen-bond donors (Lipinski definition) is 1. The topological polar surface area (TPSA) is 93.4 Å². The fourth-order valence-electron chi connectivity index (χ4n) is 4.36. The Hall–Kier alpha value is -3.89. The minimum absolute atomic E-state index is 0.0229. The van der Waals surface area contributed by atoms with Gasteiger partial charge < -0.3 is 5.32 Å². The van der Waals surface area contributed by atoms with Crippen molar-refractivity contribution in [2.24, 2.45) is 7.05 Å². The smallest absolute Gasteiger partial charge is 0.295 e. The standard InChI is InChI=1S/C28H23BrN4O4S/c1-17-25(28(37)33(31(17)2)20-8-4-3-5-9-20)30-26(35)21-10-6-7-11-22(21)38-23-16-24(34)32(27(23)36)19-14-12-18(29)13-15-19/h3-15,23H,16H2,1-2H3,(H,30,35). The Bertz CT molecular complexity index is 1610. The first-order chi connectivity index (χ1) is 18.3. The SMILES string of the molecule is Cc1c(NC(=O)c2ccccc2SC2CC(=O)N(c3ccc(Br)cc3)C2=O)c(=O)n(-c2ccccc2)n1C. The highest BCUT2D eigenvalue weighted by Gasteiger charge is 2.40. The number of amides is 3. The summed E-state index contributed by atoms with van der Waals surface area (Å²) in [5, 5.41) is 2.11. The van der Waals surface area contributed by atoms with Crippen LogP contribution in [0.15, 0.2) is 93.0 Å². The van der Waals surface area contributed by atoms with Gasteiger partial charge in [0.05, 0.1) is 27.9 Å². The van der Waals surface area contributed by atoms with E-state index in [1.165, 1.54) is 21.3 Å². The van der Waals surface area contributed by atoms with Crippen LogP contribution in [0.5, 0.6) is 0 Å². The Labute approximate surface area is 231 Å². The Morgan fingerprint density at radius 2 is 1.58 bits per heavy atom. The van der Waals surface area contributed by atoms with Crippen LogP contribution in [-0.2, 0) is 16.6 Å². The van der Waals surface area contributed by atoms with Crippen molar-refractivity contribution in [3.8, 4) is 5.69 Å². The molecule has 1 aromatic heterocycles. The molecule has 0 saturated carbocycles. The second kappa shape index (κ2) is 10.5. The van der Waals surface area contributed by atoms with E-state index in [-0.39, 0.29) is 29.5 Å². The number of carbonyl (C=O) groups excluding carboxylic acids is 3. The van der Waals surface area contributed by atoms with Gasteiger partial charge in [-0.15, -0.1) is 11.8 Å². The summed E-state index contributed by atoms with van der Waals surface area (Å²) in [5.41, 5.74) is 1.92. The Morgan fingerprint density at radius 3 is 2.29 bits per heavy atom. The Morgan fingerprint density at radius 1 is 0.921 bits per heavy atom. The van der Waals surface area contributed by atoms with Crippen molar-refractivity contribution < 1.29 is 14.4 Å². The van der Waals surface area contributed by atoms with E-state index in [1.807, 2.05) is 30.3 Å². The van der Waals surface area contributed by atoms with E-state index in [1.54, 1.807) is 67.2 Å². The molecule has 1 aliphatic rings. The molecule has 2 heterocycles. The Balaban J connectivity index is 1.39. The highest BCUT2D eigenvalue weighted by atomic mass is 79.9. The number of halogens is 1. The molecule has 1 aliphatic heterocycles. The van der Waals surface area contributed by atoms with Crippen LogP contribution in [0.2, 0.25) is 0 Å². The van der Waals surface area contributed by atoms with E-state index in [4.69, 9.17) is 0 Å². The summed E-state index contributed by atoms with van der Waals surface area (Å²) in [6, 6.07) is 23.0. The summed E-state index contributed by atoms with van der Waals surface area (Å²) in [6.45, 7) is 1.76. The lowest BCUT2D eigenvalue weighted by Crippen LogP contribution is -2.31. The molecule has 1 saturated heterocycles. The number of hydrogen-bond acceptors (Lipinski definition) is 5. The number of aromatic nitrogens is 2. The molecule has 1 atom stereocenters. The molecular weight excluding hydrogens is 568 g/mol. The molecule has 3 amide bonds. The van der Waals surface area contributed by atoms with E-state index >= 15 is 0 Å². The van der Waals surface area contributed by atoms with Crippen LogP contribution in [0.1, 0.15) is 22.5 Å². The molecule has 10 heteroatoms. The first-order valence-electron chi connectivity index (χ1n) is 11.8. The van der Waals surface area contributed by atoms with Gasteiger partial charge >= 0.3 is 0 Å². The van der Waals surface area contributed by atoms with Gasteiger partial charge in [-0.05, 0) is 55.5 Å². The maximum Gasteiger partial charge on any atom is 0.295 e. The summed E-state index contributed by atoms with van der Waals surface area (Å²) in [6.07, 6.45) is 0.0229. The van der Waals surface area contributed by atoms with Gasteiger partial charge in [-0.25, -0.2) is 9.58 Å². The first-order valence-corrected chi connectivity index (χ1v) is 13.5. The number of rotatable bonds is 6. The van der Waals surface area contributed by atoms with Crippen LogP contribution in [-0.4, -0.2) is 32.3 Å². The number of imide groups is 1. The number of nitrogens with zero attached hydrogens (tertiary/aromatic N) is 3. The van der Waals surface area contributed by atoms with Gasteiger partial charge in [-0.3, -0.25) is 23.9 Å². The van der Waals surface area contributed by atoms with E-state index in [0.717, 1.165) is 4.47 Å². The van der Waals surface area contributed by atoms with Crippen LogP contribution in [0, 0.1) is 6.92 Å². The predicted molar refractivity (Wildman–Crippen MR) is 151 cm³/mol. The molecule has 1 N–H and O–H groups in total. The molecule has 0 radical (unpaired) electrons. The first kappa shape index (κ1) is 25.7. The monoisotopic (exact) mass is 590 g/mol. The van der Waals surface area contributed by atoms with Crippen LogP contribution >= 0.6 is 27.7 Å². The van der Waals surface area contributed by atoms with Gasteiger partial charge in [0, 0.05) is 22.8 Å². The molecule has 5 rings (SSSR count). The third-order valence-corrected chi connectivity index (χ3v) is 8.18. The van der Waals surface area contributed by atoms with E-state index in [2.05, 4.69) is 21.2 Å². The van der Waals surface area contributed by atoms with Crippen molar-refractivity contribution in [2.45, 2.75) is 23.5 Å². The number of nitrogens with one attached hydrogen (secondary N) is 1. The number of anilines is 2. The van der Waals surface area contributed by atoms with Crippen molar-refractivity contribution in [3.05, 3.63) is 105 Å². The lowest BCUT2D eigenvalue weighted by molar-refractivity contribution is -0.121. The van der Waals surface area contributed by atoms with Crippen LogP contribution in [0.3, 0.4) is 0 Å². The highest BCUT2D eigenvalue weighted by molar-refractivity contribution is 9.10. The fourth-order valence-corrected chi connectivity index (χ4v) is 5.81. The zero-order chi connectivity index (χ0) is 27.0. The largest absolute Gasteiger partial charge is 0.316 e. The van der Waals surface area contributed by atoms with Gasteiger partial charge in [-0.2, -0.15) is 0 Å². The van der Waals surface area contributed by atoms with Crippen LogP contribution in [0.4, 0.5) is 11.4 Å². The number of para-hydroxylation sites is 1. The molecule has 38 heavy (non-hydrogen) atoms. The van der Waals surface area contributed by atoms with E-state index in [0.29, 0.717) is 27.5 Å². The van der Waals surface area contributed by atoms with Gasteiger partial charge in [-0.1, -0.05) is 46.3 Å². The molecule has 3 aromatic carbocycles. The van der Waals surface area contributed by atoms with Gasteiger partial charge in [0.25, 0.3) is 11.5 Å². The minimum atomic E-state index is -0.672. The maximum atomic E-state index is 13.4. The van der Waals surface area contributed by atoms with Crippen LogP contribution < -0.4 is 15.8 Å². The van der Waals surface area contributed by atoms with E-state index < -0.39 is 11.2 Å². The van der Waals surface area contributed by atoms with Crippen LogP contribution in [0.25, 0.3) is 5.69 Å². The number of carbonyl (C=O) groups is 3. The molecule has 192 valence electrons. The summed E-state index contributed by atoms with van der Waals surface area (Å²) < 4.78 is 4.02. The summed E-state index contributed by atoms with van der Waals surface area (Å²) in [4.78, 5) is 54.2. The Kier molecular flexibility index (Phi) is 7.09. The number of thioether (sulfide) groups is 1.